The molecule has 0 aliphatic rings. The summed E-state index contributed by atoms with van der Waals surface area (Å²) in [6, 6.07) is 23.6. The van der Waals surface area contributed by atoms with Gasteiger partial charge >= 0.3 is 0 Å². The molecule has 0 aromatic heterocycles. The Balaban J connectivity index is 1.68. The van der Waals surface area contributed by atoms with Crippen LogP contribution in [0, 0.1) is 0 Å². The summed E-state index contributed by atoms with van der Waals surface area (Å²) < 4.78 is 5.59. The molecule has 0 aliphatic carbocycles. The van der Waals surface area contributed by atoms with E-state index in [4.69, 9.17) is 4.74 Å². The summed E-state index contributed by atoms with van der Waals surface area (Å²) in [6.07, 6.45) is 0.904. The monoisotopic (exact) mass is 402 g/mol. The van der Waals surface area contributed by atoms with Gasteiger partial charge in [0.25, 0.3) is 11.8 Å². The van der Waals surface area contributed by atoms with Crippen LogP contribution in [-0.4, -0.2) is 25.0 Å². The van der Waals surface area contributed by atoms with E-state index in [-0.39, 0.29) is 11.8 Å². The maximum Gasteiger partial charge on any atom is 0.258 e. The molecule has 1 N–H and O–H groups in total. The third kappa shape index (κ3) is 5.26. The van der Waals surface area contributed by atoms with Gasteiger partial charge in [0.15, 0.2) is 0 Å². The average Bonchev–Trinajstić information content (AvgIpc) is 2.79. The van der Waals surface area contributed by atoms with E-state index in [1.54, 1.807) is 47.4 Å². The number of carbonyl (C=O) groups is 2. The normalized spacial score (nSPS) is 10.3. The van der Waals surface area contributed by atoms with Crippen molar-refractivity contribution < 1.29 is 14.3 Å². The van der Waals surface area contributed by atoms with E-state index in [1.807, 2.05) is 50.2 Å². The first-order chi connectivity index (χ1) is 14.6. The molecule has 30 heavy (non-hydrogen) atoms. The fourth-order valence-electron chi connectivity index (χ4n) is 3.05. The van der Waals surface area contributed by atoms with E-state index in [9.17, 15) is 9.59 Å². The van der Waals surface area contributed by atoms with Gasteiger partial charge in [-0.05, 0) is 67.9 Å². The molecule has 3 aromatic carbocycles. The van der Waals surface area contributed by atoms with Crippen LogP contribution >= 0.6 is 0 Å². The molecule has 0 aliphatic heterocycles. The second-order valence-electron chi connectivity index (χ2n) is 6.79. The number of rotatable bonds is 8. The summed E-state index contributed by atoms with van der Waals surface area (Å²) in [5.41, 5.74) is 2.56. The summed E-state index contributed by atoms with van der Waals surface area (Å²) in [7, 11) is 0. The van der Waals surface area contributed by atoms with Crippen molar-refractivity contribution in [3.8, 4) is 5.75 Å². The molecular weight excluding hydrogens is 376 g/mol. The van der Waals surface area contributed by atoms with Crippen LogP contribution in [0.5, 0.6) is 5.75 Å². The molecule has 0 radical (unpaired) electrons. The molecule has 0 heterocycles. The Hall–Kier alpha value is -3.60. The fraction of sp³-hybridized carbons (Fsp3) is 0.200. The zero-order valence-electron chi connectivity index (χ0n) is 17.3. The molecule has 0 unspecified atom stereocenters. The zero-order valence-corrected chi connectivity index (χ0v) is 17.3. The molecule has 5 nitrogen and oxygen atoms in total. The first kappa shape index (κ1) is 21.1. The molecule has 0 bridgehead atoms. The minimum Gasteiger partial charge on any atom is -0.494 e. The van der Waals surface area contributed by atoms with Crippen molar-refractivity contribution in [3.05, 3.63) is 90.0 Å². The topological polar surface area (TPSA) is 58.6 Å². The lowest BCUT2D eigenvalue weighted by atomic mass is 10.1. The quantitative estimate of drug-likeness (QED) is 0.549. The smallest absolute Gasteiger partial charge is 0.258 e. The van der Waals surface area contributed by atoms with Gasteiger partial charge in [0, 0.05) is 29.0 Å². The molecule has 0 saturated heterocycles. The summed E-state index contributed by atoms with van der Waals surface area (Å²) in [6.45, 7) is 5.15. The SMILES string of the molecule is CCCOc1cccc(C(=O)Nc2ccc(C(=O)N(CC)c3ccccc3)cc2)c1. The van der Waals surface area contributed by atoms with Gasteiger partial charge in [-0.2, -0.15) is 0 Å². The molecule has 154 valence electrons. The molecule has 2 amide bonds. The van der Waals surface area contributed by atoms with Crippen LogP contribution in [0.1, 0.15) is 41.0 Å². The van der Waals surface area contributed by atoms with E-state index in [1.165, 1.54) is 0 Å². The van der Waals surface area contributed by atoms with Crippen molar-refractivity contribution in [1.29, 1.82) is 0 Å². The van der Waals surface area contributed by atoms with E-state index >= 15 is 0 Å². The maximum atomic E-state index is 12.9. The Labute approximate surface area is 177 Å². The van der Waals surface area contributed by atoms with Gasteiger partial charge in [-0.3, -0.25) is 9.59 Å². The third-order valence-corrected chi connectivity index (χ3v) is 4.59. The zero-order chi connectivity index (χ0) is 21.3. The van der Waals surface area contributed by atoms with Gasteiger partial charge in [-0.15, -0.1) is 0 Å². The van der Waals surface area contributed by atoms with Crippen LogP contribution in [0.25, 0.3) is 0 Å². The molecular formula is C25H26N2O3. The Kier molecular flexibility index (Phi) is 7.22. The Morgan fingerprint density at radius 1 is 0.867 bits per heavy atom. The van der Waals surface area contributed by atoms with Crippen LogP contribution < -0.4 is 15.0 Å². The lowest BCUT2D eigenvalue weighted by Crippen LogP contribution is -2.30. The van der Waals surface area contributed by atoms with Gasteiger partial charge in [-0.1, -0.05) is 31.2 Å². The maximum absolute atomic E-state index is 12.9. The number of amides is 2. The second kappa shape index (κ2) is 10.3. The van der Waals surface area contributed by atoms with E-state index < -0.39 is 0 Å². The first-order valence-corrected chi connectivity index (χ1v) is 10.1. The predicted octanol–water partition coefficient (Wildman–Crippen LogP) is 5.39. The van der Waals surface area contributed by atoms with Crippen molar-refractivity contribution in [1.82, 2.24) is 0 Å². The molecule has 0 fully saturated rings. The number of benzene rings is 3. The van der Waals surface area contributed by atoms with Gasteiger partial charge in [0.2, 0.25) is 0 Å². The van der Waals surface area contributed by atoms with Crippen molar-refractivity contribution in [2.75, 3.05) is 23.4 Å². The molecule has 0 spiro atoms. The minimum absolute atomic E-state index is 0.0812. The Bertz CT molecular complexity index is 985. The highest BCUT2D eigenvalue weighted by Crippen LogP contribution is 2.19. The van der Waals surface area contributed by atoms with E-state index in [0.29, 0.717) is 35.7 Å². The fourth-order valence-corrected chi connectivity index (χ4v) is 3.05. The number of carbonyl (C=O) groups excluding carboxylic acids is 2. The molecule has 3 aromatic rings. The highest BCUT2D eigenvalue weighted by atomic mass is 16.5. The Morgan fingerprint density at radius 2 is 1.60 bits per heavy atom. The van der Waals surface area contributed by atoms with E-state index in [0.717, 1.165) is 12.1 Å². The minimum atomic E-state index is -0.226. The number of nitrogens with one attached hydrogen (secondary N) is 1. The number of ether oxygens (including phenoxy) is 1. The number of para-hydroxylation sites is 1. The van der Waals surface area contributed by atoms with Crippen LogP contribution in [0.3, 0.4) is 0 Å². The van der Waals surface area contributed by atoms with Crippen LogP contribution in [-0.2, 0) is 0 Å². The highest BCUT2D eigenvalue weighted by molar-refractivity contribution is 6.07. The summed E-state index contributed by atoms with van der Waals surface area (Å²) in [4.78, 5) is 27.2. The first-order valence-electron chi connectivity index (χ1n) is 10.1. The average molecular weight is 402 g/mol. The van der Waals surface area contributed by atoms with Crippen LogP contribution in [0.2, 0.25) is 0 Å². The van der Waals surface area contributed by atoms with Gasteiger partial charge in [-0.25, -0.2) is 0 Å². The van der Waals surface area contributed by atoms with Crippen molar-refractivity contribution in [2.45, 2.75) is 20.3 Å². The molecule has 5 heteroatoms. The van der Waals surface area contributed by atoms with Crippen molar-refractivity contribution >= 4 is 23.2 Å². The largest absolute Gasteiger partial charge is 0.494 e. The summed E-state index contributed by atoms with van der Waals surface area (Å²) in [5.74, 6) is 0.365. The third-order valence-electron chi connectivity index (χ3n) is 4.59. The summed E-state index contributed by atoms with van der Waals surface area (Å²) in [5, 5.41) is 2.86. The van der Waals surface area contributed by atoms with E-state index in [2.05, 4.69) is 5.32 Å². The number of nitrogens with zero attached hydrogens (tertiary/aromatic N) is 1. The second-order valence-corrected chi connectivity index (χ2v) is 6.79. The van der Waals surface area contributed by atoms with Gasteiger partial charge in [0.05, 0.1) is 6.61 Å². The summed E-state index contributed by atoms with van der Waals surface area (Å²) >= 11 is 0. The molecule has 0 saturated carbocycles. The van der Waals surface area contributed by atoms with Crippen molar-refractivity contribution in [3.63, 3.8) is 0 Å². The molecule has 0 atom stereocenters. The van der Waals surface area contributed by atoms with Crippen LogP contribution in [0.4, 0.5) is 11.4 Å². The molecule has 3 rings (SSSR count). The van der Waals surface area contributed by atoms with Gasteiger partial charge in [0.1, 0.15) is 5.75 Å². The predicted molar refractivity (Wildman–Crippen MR) is 120 cm³/mol. The highest BCUT2D eigenvalue weighted by Gasteiger charge is 2.16. The Morgan fingerprint density at radius 3 is 2.27 bits per heavy atom. The lowest BCUT2D eigenvalue weighted by molar-refractivity contribution is 0.0987. The van der Waals surface area contributed by atoms with Gasteiger partial charge < -0.3 is 15.0 Å². The standard InChI is InChI=1S/C25H26N2O3/c1-3-17-30-23-12-8-9-20(18-23)24(28)26-21-15-13-19(14-16-21)25(29)27(4-2)22-10-6-5-7-11-22/h5-16,18H,3-4,17H2,1-2H3,(H,26,28). The van der Waals surface area contributed by atoms with Crippen LogP contribution in [0.15, 0.2) is 78.9 Å². The number of hydrogen-bond acceptors (Lipinski definition) is 3. The lowest BCUT2D eigenvalue weighted by Gasteiger charge is -2.21. The number of anilines is 2. The number of hydrogen-bond donors (Lipinski definition) is 1. The van der Waals surface area contributed by atoms with Crippen molar-refractivity contribution in [2.24, 2.45) is 0 Å².